The third kappa shape index (κ3) is 2.78. The van der Waals surface area contributed by atoms with Crippen molar-refractivity contribution in [2.75, 3.05) is 32.8 Å². The van der Waals surface area contributed by atoms with Crippen LogP contribution in [0.5, 0.6) is 0 Å². The molecule has 146 valence electrons. The smallest absolute Gasteiger partial charge is 0.0594 e. The van der Waals surface area contributed by atoms with Crippen molar-refractivity contribution in [3.63, 3.8) is 0 Å². The number of benzene rings is 3. The maximum absolute atomic E-state index is 5.50. The molecule has 1 aliphatic heterocycles. The molecule has 1 heterocycles. The molecule has 29 heavy (non-hydrogen) atoms. The SMILES string of the molecule is c1ccc2c(c1)C1c3ccccc3C2c2c(CCCN3CCOCC3)cccc21. The second-order valence-corrected chi connectivity index (χ2v) is 8.60. The van der Waals surface area contributed by atoms with E-state index in [9.17, 15) is 0 Å². The van der Waals surface area contributed by atoms with E-state index in [4.69, 9.17) is 4.74 Å². The van der Waals surface area contributed by atoms with Gasteiger partial charge in [-0.25, -0.2) is 0 Å². The molecule has 0 unspecified atom stereocenters. The van der Waals surface area contributed by atoms with Gasteiger partial charge in [0.05, 0.1) is 13.2 Å². The van der Waals surface area contributed by atoms with Crippen LogP contribution in [-0.2, 0) is 11.2 Å². The van der Waals surface area contributed by atoms with Gasteiger partial charge in [0.1, 0.15) is 0 Å². The van der Waals surface area contributed by atoms with Gasteiger partial charge >= 0.3 is 0 Å². The van der Waals surface area contributed by atoms with E-state index in [-0.39, 0.29) is 0 Å². The van der Waals surface area contributed by atoms with E-state index >= 15 is 0 Å². The molecule has 2 nitrogen and oxygen atoms in total. The van der Waals surface area contributed by atoms with Crippen molar-refractivity contribution in [1.29, 1.82) is 0 Å². The summed E-state index contributed by atoms with van der Waals surface area (Å²) in [5.74, 6) is 0.781. The van der Waals surface area contributed by atoms with Crippen LogP contribution in [0.4, 0.5) is 0 Å². The molecule has 3 aromatic carbocycles. The minimum atomic E-state index is 0.390. The molecular weight excluding hydrogens is 354 g/mol. The van der Waals surface area contributed by atoms with Gasteiger partial charge in [0, 0.05) is 24.9 Å². The van der Waals surface area contributed by atoms with Gasteiger partial charge < -0.3 is 4.74 Å². The van der Waals surface area contributed by atoms with Crippen molar-refractivity contribution in [3.8, 4) is 0 Å². The van der Waals surface area contributed by atoms with Crippen molar-refractivity contribution >= 4 is 0 Å². The first-order chi connectivity index (χ1) is 14.4. The number of ether oxygens (including phenoxy) is 1. The first kappa shape index (κ1) is 17.4. The van der Waals surface area contributed by atoms with Crippen LogP contribution < -0.4 is 0 Å². The van der Waals surface area contributed by atoms with E-state index in [1.165, 1.54) is 40.8 Å². The van der Waals surface area contributed by atoms with Crippen molar-refractivity contribution in [3.05, 3.63) is 106 Å². The molecule has 0 radical (unpaired) electrons. The van der Waals surface area contributed by atoms with Gasteiger partial charge in [0.15, 0.2) is 0 Å². The monoisotopic (exact) mass is 381 g/mol. The van der Waals surface area contributed by atoms with E-state index < -0.39 is 0 Å². The maximum atomic E-state index is 5.50. The molecule has 0 saturated carbocycles. The van der Waals surface area contributed by atoms with Crippen molar-refractivity contribution in [2.24, 2.45) is 0 Å². The van der Waals surface area contributed by atoms with E-state index in [1.54, 1.807) is 11.1 Å². The number of morpholine rings is 1. The van der Waals surface area contributed by atoms with Gasteiger partial charge in [0.2, 0.25) is 0 Å². The Kier molecular flexibility index (Phi) is 4.28. The lowest BCUT2D eigenvalue weighted by Crippen LogP contribution is -2.37. The molecule has 0 spiro atoms. The molecule has 0 N–H and O–H groups in total. The molecule has 0 amide bonds. The van der Waals surface area contributed by atoms with Gasteiger partial charge in [-0.05, 0) is 58.3 Å². The van der Waals surface area contributed by atoms with E-state index in [1.807, 2.05) is 0 Å². The predicted octanol–water partition coefficient (Wildman–Crippen LogP) is 4.94. The fraction of sp³-hybridized carbons (Fsp3) is 0.333. The molecule has 2 heteroatoms. The highest BCUT2D eigenvalue weighted by molar-refractivity contribution is 5.69. The summed E-state index contributed by atoms with van der Waals surface area (Å²) in [6, 6.07) is 25.3. The number of rotatable bonds is 4. The van der Waals surface area contributed by atoms with Crippen LogP contribution in [0.15, 0.2) is 66.7 Å². The molecule has 0 atom stereocenters. The quantitative estimate of drug-likeness (QED) is 0.437. The normalized spacial score (nSPS) is 22.1. The molecule has 2 bridgehead atoms. The van der Waals surface area contributed by atoms with Crippen LogP contribution in [0.2, 0.25) is 0 Å². The average molecular weight is 382 g/mol. The zero-order valence-electron chi connectivity index (χ0n) is 16.8. The summed E-state index contributed by atoms with van der Waals surface area (Å²) in [6.07, 6.45) is 2.38. The fourth-order valence-electron chi connectivity index (χ4n) is 5.83. The van der Waals surface area contributed by atoms with Gasteiger partial charge in [-0.1, -0.05) is 66.7 Å². The summed E-state index contributed by atoms with van der Waals surface area (Å²) in [7, 11) is 0. The standard InChI is InChI=1S/C27H27NO/c1-3-11-22-20(9-1)26-21-10-2-4-12-23(21)27(22)25-19(7-5-13-24(25)26)8-6-14-28-15-17-29-18-16-28/h1-5,7,9-13,26-27H,6,8,14-18H2. The Morgan fingerprint density at radius 3 is 1.93 bits per heavy atom. The first-order valence-corrected chi connectivity index (χ1v) is 11.0. The van der Waals surface area contributed by atoms with Gasteiger partial charge in [-0.15, -0.1) is 0 Å². The highest BCUT2D eigenvalue weighted by Gasteiger charge is 2.41. The van der Waals surface area contributed by atoms with Crippen molar-refractivity contribution in [1.82, 2.24) is 4.90 Å². The van der Waals surface area contributed by atoms with Crippen LogP contribution in [0.25, 0.3) is 0 Å². The Balaban J connectivity index is 1.38. The zero-order chi connectivity index (χ0) is 19.2. The van der Waals surface area contributed by atoms with Gasteiger partial charge in [-0.3, -0.25) is 4.90 Å². The highest BCUT2D eigenvalue weighted by atomic mass is 16.5. The molecule has 1 fully saturated rings. The fourth-order valence-corrected chi connectivity index (χ4v) is 5.83. The van der Waals surface area contributed by atoms with Crippen molar-refractivity contribution < 1.29 is 4.74 Å². The summed E-state index contributed by atoms with van der Waals surface area (Å²) in [4.78, 5) is 2.55. The summed E-state index contributed by atoms with van der Waals surface area (Å²) >= 11 is 0. The molecule has 3 aliphatic carbocycles. The minimum Gasteiger partial charge on any atom is -0.379 e. The third-order valence-electron chi connectivity index (χ3n) is 7.09. The van der Waals surface area contributed by atoms with Crippen molar-refractivity contribution in [2.45, 2.75) is 24.7 Å². The Morgan fingerprint density at radius 1 is 0.690 bits per heavy atom. The van der Waals surface area contributed by atoms with Crippen LogP contribution in [0.3, 0.4) is 0 Å². The maximum Gasteiger partial charge on any atom is 0.0594 e. The third-order valence-corrected chi connectivity index (χ3v) is 7.09. The second kappa shape index (κ2) is 7.12. The Hall–Kier alpha value is -2.42. The minimum absolute atomic E-state index is 0.390. The summed E-state index contributed by atoms with van der Waals surface area (Å²) in [5, 5.41) is 0. The summed E-state index contributed by atoms with van der Waals surface area (Å²) in [5.41, 5.74) is 10.7. The number of aryl methyl sites for hydroxylation is 1. The molecule has 1 saturated heterocycles. The van der Waals surface area contributed by atoms with Crippen LogP contribution >= 0.6 is 0 Å². The number of nitrogens with zero attached hydrogens (tertiary/aromatic N) is 1. The predicted molar refractivity (Wildman–Crippen MR) is 117 cm³/mol. The van der Waals surface area contributed by atoms with Crippen LogP contribution in [-0.4, -0.2) is 37.7 Å². The Labute approximate surface area is 173 Å². The highest BCUT2D eigenvalue weighted by Crippen LogP contribution is 2.56. The summed E-state index contributed by atoms with van der Waals surface area (Å²) in [6.45, 7) is 5.11. The average Bonchev–Trinajstić information content (AvgIpc) is 2.79. The molecule has 3 aromatic rings. The lowest BCUT2D eigenvalue weighted by Gasteiger charge is -2.43. The molecule has 4 aliphatic rings. The topological polar surface area (TPSA) is 12.5 Å². The van der Waals surface area contributed by atoms with Crippen LogP contribution in [0.1, 0.15) is 57.2 Å². The largest absolute Gasteiger partial charge is 0.379 e. The van der Waals surface area contributed by atoms with E-state index in [2.05, 4.69) is 71.6 Å². The molecular formula is C27H27NO. The van der Waals surface area contributed by atoms with E-state index in [0.29, 0.717) is 11.8 Å². The van der Waals surface area contributed by atoms with E-state index in [0.717, 1.165) is 32.7 Å². The first-order valence-electron chi connectivity index (χ1n) is 11.0. The number of hydrogen-bond donors (Lipinski definition) is 0. The zero-order valence-corrected chi connectivity index (χ0v) is 16.8. The Bertz CT molecular complexity index is 1000. The molecule has 0 aromatic heterocycles. The lowest BCUT2D eigenvalue weighted by molar-refractivity contribution is 0.0374. The number of hydrogen-bond acceptors (Lipinski definition) is 2. The summed E-state index contributed by atoms with van der Waals surface area (Å²) < 4.78 is 5.50. The van der Waals surface area contributed by atoms with Gasteiger partial charge in [-0.2, -0.15) is 0 Å². The van der Waals surface area contributed by atoms with Gasteiger partial charge in [0.25, 0.3) is 0 Å². The second-order valence-electron chi connectivity index (χ2n) is 8.60. The van der Waals surface area contributed by atoms with Crippen LogP contribution in [0, 0.1) is 0 Å². The lowest BCUT2D eigenvalue weighted by atomic mass is 9.60. The Morgan fingerprint density at radius 2 is 1.28 bits per heavy atom. The molecule has 7 rings (SSSR count).